The van der Waals surface area contributed by atoms with Gasteiger partial charge in [0.05, 0.1) is 17.2 Å². The summed E-state index contributed by atoms with van der Waals surface area (Å²) in [4.78, 5) is 21.8. The van der Waals surface area contributed by atoms with E-state index in [1.165, 1.54) is 24.3 Å². The van der Waals surface area contributed by atoms with E-state index in [2.05, 4.69) is 27.8 Å². The first kappa shape index (κ1) is 24.6. The van der Waals surface area contributed by atoms with Crippen LogP contribution >= 0.6 is 0 Å². The van der Waals surface area contributed by atoms with Crippen molar-refractivity contribution in [2.24, 2.45) is 7.05 Å². The van der Waals surface area contributed by atoms with Gasteiger partial charge >= 0.3 is 0 Å². The van der Waals surface area contributed by atoms with Crippen LogP contribution in [-0.4, -0.2) is 40.1 Å². The van der Waals surface area contributed by atoms with Gasteiger partial charge in [-0.05, 0) is 53.9 Å². The van der Waals surface area contributed by atoms with E-state index in [0.29, 0.717) is 42.0 Å². The SMILES string of the molecule is CCC1CN(c2cc(=O)n(C)c3ccc(C#N)nc23)CCN1C(c1ccc(F)cc1)c1ccc(F)cc1. The molecule has 8 heteroatoms. The summed E-state index contributed by atoms with van der Waals surface area (Å²) in [5.41, 5.74) is 4.03. The maximum Gasteiger partial charge on any atom is 0.252 e. The van der Waals surface area contributed by atoms with E-state index in [4.69, 9.17) is 0 Å². The molecule has 37 heavy (non-hydrogen) atoms. The van der Waals surface area contributed by atoms with Crippen molar-refractivity contribution in [2.75, 3.05) is 24.5 Å². The Hall–Kier alpha value is -4.09. The molecule has 0 bridgehead atoms. The highest BCUT2D eigenvalue weighted by atomic mass is 19.1. The van der Waals surface area contributed by atoms with Crippen LogP contribution in [0.4, 0.5) is 14.5 Å². The average molecular weight is 500 g/mol. The number of hydrogen-bond donors (Lipinski definition) is 0. The molecule has 4 aromatic rings. The largest absolute Gasteiger partial charge is 0.367 e. The minimum absolute atomic E-state index is 0.0899. The first-order valence-corrected chi connectivity index (χ1v) is 12.3. The number of pyridine rings is 2. The molecular formula is C29H27F2N5O. The Kier molecular flexibility index (Phi) is 6.72. The first-order valence-electron chi connectivity index (χ1n) is 12.3. The number of halogens is 2. The van der Waals surface area contributed by atoms with Gasteiger partial charge in [0.1, 0.15) is 28.9 Å². The summed E-state index contributed by atoms with van der Waals surface area (Å²) in [5.74, 6) is -0.611. The molecule has 1 saturated heterocycles. The third kappa shape index (κ3) is 4.70. The van der Waals surface area contributed by atoms with Crippen LogP contribution in [0.3, 0.4) is 0 Å². The monoisotopic (exact) mass is 499 g/mol. The number of aryl methyl sites for hydroxylation is 1. The zero-order chi connectivity index (χ0) is 26.1. The van der Waals surface area contributed by atoms with Gasteiger partial charge in [0.2, 0.25) is 0 Å². The molecule has 5 rings (SSSR count). The lowest BCUT2D eigenvalue weighted by atomic mass is 9.93. The summed E-state index contributed by atoms with van der Waals surface area (Å²) < 4.78 is 29.0. The lowest BCUT2D eigenvalue weighted by Crippen LogP contribution is -2.54. The van der Waals surface area contributed by atoms with Gasteiger partial charge in [0, 0.05) is 38.8 Å². The molecule has 6 nitrogen and oxygen atoms in total. The number of fused-ring (bicyclic) bond motifs is 1. The summed E-state index contributed by atoms with van der Waals surface area (Å²) in [5, 5.41) is 9.40. The van der Waals surface area contributed by atoms with E-state index < -0.39 is 0 Å². The number of rotatable bonds is 5. The normalized spacial score (nSPS) is 16.3. The Balaban J connectivity index is 1.54. The van der Waals surface area contributed by atoms with Crippen LogP contribution < -0.4 is 10.5 Å². The number of benzene rings is 2. The molecule has 1 unspecified atom stereocenters. The zero-order valence-electron chi connectivity index (χ0n) is 20.7. The molecule has 3 heterocycles. The third-order valence-electron chi connectivity index (χ3n) is 7.23. The molecule has 0 N–H and O–H groups in total. The lowest BCUT2D eigenvalue weighted by molar-refractivity contribution is 0.135. The number of piperazine rings is 1. The first-order chi connectivity index (χ1) is 17.9. The second-order valence-electron chi connectivity index (χ2n) is 9.35. The third-order valence-corrected chi connectivity index (χ3v) is 7.23. The van der Waals surface area contributed by atoms with Gasteiger partial charge in [-0.1, -0.05) is 31.2 Å². The predicted molar refractivity (Wildman–Crippen MR) is 139 cm³/mol. The zero-order valence-corrected chi connectivity index (χ0v) is 20.7. The number of anilines is 1. The Bertz CT molecular complexity index is 1480. The fraction of sp³-hybridized carbons (Fsp3) is 0.276. The Morgan fingerprint density at radius 3 is 2.19 bits per heavy atom. The molecule has 0 saturated carbocycles. The van der Waals surface area contributed by atoms with Crippen LogP contribution in [0.2, 0.25) is 0 Å². The van der Waals surface area contributed by atoms with Gasteiger partial charge in [-0.2, -0.15) is 5.26 Å². The van der Waals surface area contributed by atoms with E-state index in [9.17, 15) is 18.8 Å². The van der Waals surface area contributed by atoms with Crippen LogP contribution in [0.5, 0.6) is 0 Å². The van der Waals surface area contributed by atoms with Gasteiger partial charge in [-0.3, -0.25) is 9.69 Å². The van der Waals surface area contributed by atoms with Crippen LogP contribution in [-0.2, 0) is 7.05 Å². The van der Waals surface area contributed by atoms with Crippen molar-refractivity contribution in [1.29, 1.82) is 5.26 Å². The molecule has 1 atom stereocenters. The molecule has 0 aliphatic carbocycles. The fourth-order valence-corrected chi connectivity index (χ4v) is 5.27. The molecule has 0 amide bonds. The number of nitrogens with zero attached hydrogens (tertiary/aromatic N) is 5. The highest BCUT2D eigenvalue weighted by Crippen LogP contribution is 2.35. The Labute approximate surface area is 214 Å². The van der Waals surface area contributed by atoms with Gasteiger partial charge < -0.3 is 9.47 Å². The molecule has 0 radical (unpaired) electrons. The van der Waals surface area contributed by atoms with Crippen LogP contribution in [0.15, 0.2) is 71.5 Å². The van der Waals surface area contributed by atoms with E-state index in [1.807, 2.05) is 0 Å². The minimum Gasteiger partial charge on any atom is -0.367 e. The molecule has 1 aliphatic rings. The van der Waals surface area contributed by atoms with E-state index in [0.717, 1.165) is 17.5 Å². The second kappa shape index (κ2) is 10.1. The van der Waals surface area contributed by atoms with Crippen LogP contribution in [0.25, 0.3) is 11.0 Å². The van der Waals surface area contributed by atoms with Crippen molar-refractivity contribution in [1.82, 2.24) is 14.5 Å². The molecule has 1 fully saturated rings. The van der Waals surface area contributed by atoms with Gasteiger partial charge in [0.25, 0.3) is 5.56 Å². The Morgan fingerprint density at radius 1 is 1.00 bits per heavy atom. The molecule has 2 aromatic carbocycles. The van der Waals surface area contributed by atoms with Gasteiger partial charge in [-0.25, -0.2) is 13.8 Å². The summed E-state index contributed by atoms with van der Waals surface area (Å²) in [7, 11) is 1.70. The average Bonchev–Trinajstić information content (AvgIpc) is 2.92. The Morgan fingerprint density at radius 2 is 1.62 bits per heavy atom. The maximum absolute atomic E-state index is 13.7. The highest BCUT2D eigenvalue weighted by Gasteiger charge is 2.34. The van der Waals surface area contributed by atoms with Crippen molar-refractivity contribution >= 4 is 16.7 Å². The smallest absolute Gasteiger partial charge is 0.252 e. The standard InChI is InChI=1S/C29H27F2N5O/c1-3-24-18-35(26-16-27(37)34(2)25-13-12-23(17-32)33-28(25)26)14-15-36(24)29(19-4-8-21(30)9-5-19)20-6-10-22(31)11-7-20/h4-13,16,24,29H,3,14-15,18H2,1-2H3. The predicted octanol–water partition coefficient (Wildman–Crippen LogP) is 4.77. The van der Waals surface area contributed by atoms with E-state index in [-0.39, 0.29) is 29.3 Å². The fourth-order valence-electron chi connectivity index (χ4n) is 5.27. The maximum atomic E-state index is 13.7. The lowest BCUT2D eigenvalue weighted by Gasteiger charge is -2.46. The molecule has 0 spiro atoms. The summed E-state index contributed by atoms with van der Waals surface area (Å²) in [6.45, 7) is 4.03. The van der Waals surface area contributed by atoms with Crippen LogP contribution in [0.1, 0.15) is 36.2 Å². The van der Waals surface area contributed by atoms with Crippen molar-refractivity contribution in [3.63, 3.8) is 0 Å². The topological polar surface area (TPSA) is 65.2 Å². The molecular weight excluding hydrogens is 472 g/mol. The van der Waals surface area contributed by atoms with Gasteiger partial charge in [0.15, 0.2) is 0 Å². The molecule has 1 aliphatic heterocycles. The molecule has 188 valence electrons. The summed E-state index contributed by atoms with van der Waals surface area (Å²) >= 11 is 0. The van der Waals surface area contributed by atoms with E-state index in [1.54, 1.807) is 54.1 Å². The van der Waals surface area contributed by atoms with Crippen molar-refractivity contribution in [3.8, 4) is 6.07 Å². The van der Waals surface area contributed by atoms with Crippen molar-refractivity contribution in [2.45, 2.75) is 25.4 Å². The van der Waals surface area contributed by atoms with E-state index >= 15 is 0 Å². The quantitative estimate of drug-likeness (QED) is 0.396. The summed E-state index contributed by atoms with van der Waals surface area (Å²) in [6, 6.07) is 19.9. The number of nitriles is 1. The minimum atomic E-state index is -0.305. The second-order valence-corrected chi connectivity index (χ2v) is 9.35. The molecule has 2 aromatic heterocycles. The van der Waals surface area contributed by atoms with Crippen molar-refractivity contribution < 1.29 is 8.78 Å². The van der Waals surface area contributed by atoms with Gasteiger partial charge in [-0.15, -0.1) is 0 Å². The number of aromatic nitrogens is 2. The van der Waals surface area contributed by atoms with Crippen LogP contribution in [0, 0.1) is 23.0 Å². The summed E-state index contributed by atoms with van der Waals surface area (Å²) in [6.07, 6.45) is 0.828. The number of hydrogen-bond acceptors (Lipinski definition) is 5. The van der Waals surface area contributed by atoms with Crippen molar-refractivity contribution in [3.05, 3.63) is 106 Å². The highest BCUT2D eigenvalue weighted by molar-refractivity contribution is 5.88.